The number of fused-ring (bicyclic) bond motifs is 3. The third kappa shape index (κ3) is 9.08. The molecule has 4 aromatic carbocycles. The molecule has 4 aromatic rings. The number of hydrogen-bond acceptors (Lipinski definition) is 10. The summed E-state index contributed by atoms with van der Waals surface area (Å²) in [6.45, 7) is 10.8. The quantitative estimate of drug-likeness (QED) is 0.0430. The van der Waals surface area contributed by atoms with Crippen LogP contribution in [0.25, 0.3) is 11.1 Å². The van der Waals surface area contributed by atoms with Crippen LogP contribution in [-0.2, 0) is 24.4 Å². The molecule has 4 atom stereocenters. The first-order valence-corrected chi connectivity index (χ1v) is 18.4. The number of carbonyl (C=O) groups excluding carboxylic acids is 2. The number of hydrogen-bond donors (Lipinski definition) is 0. The molecule has 53 heavy (non-hydrogen) atoms. The Morgan fingerprint density at radius 1 is 0.623 bits per heavy atom. The minimum atomic E-state index is -0.469. The lowest BCUT2D eigenvalue weighted by atomic mass is 9.82. The van der Waals surface area contributed by atoms with Crippen molar-refractivity contribution in [2.45, 2.75) is 83.6 Å². The second-order valence-corrected chi connectivity index (χ2v) is 14.1. The van der Waals surface area contributed by atoms with Gasteiger partial charge in [-0.3, -0.25) is 0 Å². The van der Waals surface area contributed by atoms with Gasteiger partial charge in [-0.1, -0.05) is 52.7 Å². The van der Waals surface area contributed by atoms with Crippen LogP contribution in [0.4, 0.5) is 0 Å². The van der Waals surface area contributed by atoms with Crippen LogP contribution in [-0.4, -0.2) is 63.2 Å². The fraction of sp³-hybridized carbons (Fsp3) is 0.395. The fourth-order valence-electron chi connectivity index (χ4n) is 6.38. The summed E-state index contributed by atoms with van der Waals surface area (Å²) in [6, 6.07) is 25.1. The molecule has 1 aliphatic carbocycles. The second-order valence-electron chi connectivity index (χ2n) is 14.1. The summed E-state index contributed by atoms with van der Waals surface area (Å²) in [5.41, 5.74) is 4.45. The van der Waals surface area contributed by atoms with Gasteiger partial charge in [-0.05, 0) is 95.1 Å². The lowest BCUT2D eigenvalue weighted by molar-refractivity contribution is -0.0887. The molecule has 0 saturated carbocycles. The number of ether oxygens (including phenoxy) is 8. The highest BCUT2D eigenvalue weighted by Crippen LogP contribution is 2.50. The Morgan fingerprint density at radius 2 is 1.00 bits per heavy atom. The van der Waals surface area contributed by atoms with E-state index < -0.39 is 17.4 Å². The van der Waals surface area contributed by atoms with Crippen molar-refractivity contribution >= 4 is 11.9 Å². The zero-order valence-electron chi connectivity index (χ0n) is 30.6. The lowest BCUT2D eigenvalue weighted by Crippen LogP contribution is -2.22. The van der Waals surface area contributed by atoms with Gasteiger partial charge < -0.3 is 37.9 Å². The van der Waals surface area contributed by atoms with E-state index >= 15 is 0 Å². The minimum absolute atomic E-state index is 0.158. The average molecular weight is 723 g/mol. The van der Waals surface area contributed by atoms with Crippen molar-refractivity contribution in [2.24, 2.45) is 0 Å². The van der Waals surface area contributed by atoms with E-state index in [0.717, 1.165) is 61.2 Å². The van der Waals surface area contributed by atoms with Crippen molar-refractivity contribution in [1.82, 2.24) is 0 Å². The van der Waals surface area contributed by atoms with Crippen LogP contribution in [0.15, 0.2) is 84.9 Å². The van der Waals surface area contributed by atoms with Gasteiger partial charge in [-0.2, -0.15) is 0 Å². The highest BCUT2D eigenvalue weighted by Gasteiger charge is 2.36. The lowest BCUT2D eigenvalue weighted by Gasteiger charge is -2.22. The summed E-state index contributed by atoms with van der Waals surface area (Å²) in [4.78, 5) is 26.3. The standard InChI is InChI=1S/C43H46O10/c1-5-7-39(48-25-33-23-46-33)50-29-13-9-27(10-14-29)41(44)52-31-17-19-35-36-20-18-32(22-38(36)43(3,4)37(35)21-31)53-42(45)28-11-15-30(16-12-28)51-40(8-6-2)49-26-34-24-47-34/h9-22,33-34,39-40H,5-8,23-26H2,1-4H3. The van der Waals surface area contributed by atoms with E-state index in [2.05, 4.69) is 27.7 Å². The number of esters is 2. The van der Waals surface area contributed by atoms with E-state index in [1.54, 1.807) is 60.7 Å². The van der Waals surface area contributed by atoms with Crippen molar-refractivity contribution < 1.29 is 47.5 Å². The van der Waals surface area contributed by atoms with Crippen LogP contribution >= 0.6 is 0 Å². The maximum atomic E-state index is 13.2. The topological polar surface area (TPSA) is 115 Å². The van der Waals surface area contributed by atoms with Crippen LogP contribution in [0.5, 0.6) is 23.0 Å². The maximum absolute atomic E-state index is 13.2. The van der Waals surface area contributed by atoms with E-state index in [4.69, 9.17) is 37.9 Å². The predicted octanol–water partition coefficient (Wildman–Crippen LogP) is 8.27. The fourth-order valence-corrected chi connectivity index (χ4v) is 6.38. The summed E-state index contributed by atoms with van der Waals surface area (Å²) in [7, 11) is 0. The monoisotopic (exact) mass is 722 g/mol. The molecule has 2 fully saturated rings. The number of benzene rings is 4. The van der Waals surface area contributed by atoms with E-state index in [1.807, 2.05) is 24.3 Å². The van der Waals surface area contributed by atoms with Gasteiger partial charge in [0, 0.05) is 18.3 Å². The van der Waals surface area contributed by atoms with Gasteiger partial charge in [-0.15, -0.1) is 0 Å². The minimum Gasteiger partial charge on any atom is -0.465 e. The number of epoxide rings is 2. The molecule has 0 aromatic heterocycles. The second kappa shape index (κ2) is 16.1. The molecule has 3 aliphatic rings. The molecular weight excluding hydrogens is 676 g/mol. The predicted molar refractivity (Wildman–Crippen MR) is 197 cm³/mol. The molecular formula is C43H46O10. The first-order valence-electron chi connectivity index (χ1n) is 18.4. The maximum Gasteiger partial charge on any atom is 0.343 e. The van der Waals surface area contributed by atoms with E-state index in [1.165, 1.54) is 0 Å². The highest BCUT2D eigenvalue weighted by molar-refractivity contribution is 5.92. The largest absolute Gasteiger partial charge is 0.465 e. The van der Waals surface area contributed by atoms with Crippen LogP contribution in [0.3, 0.4) is 0 Å². The Labute approximate surface area is 310 Å². The summed E-state index contributed by atoms with van der Waals surface area (Å²) in [6.07, 6.45) is 2.89. The van der Waals surface area contributed by atoms with Crippen LogP contribution in [0.2, 0.25) is 0 Å². The van der Waals surface area contributed by atoms with Gasteiger partial charge in [0.2, 0.25) is 0 Å². The molecule has 0 bridgehead atoms. The zero-order chi connectivity index (χ0) is 37.0. The molecule has 0 N–H and O–H groups in total. The van der Waals surface area contributed by atoms with E-state index in [0.29, 0.717) is 47.3 Å². The third-order valence-corrected chi connectivity index (χ3v) is 9.54. The molecule has 2 saturated heterocycles. The zero-order valence-corrected chi connectivity index (χ0v) is 30.6. The van der Waals surface area contributed by atoms with E-state index in [9.17, 15) is 9.59 Å². The highest BCUT2D eigenvalue weighted by atomic mass is 16.7. The summed E-state index contributed by atoms with van der Waals surface area (Å²) < 4.78 is 45.8. The molecule has 2 heterocycles. The molecule has 0 spiro atoms. The van der Waals surface area contributed by atoms with Crippen LogP contribution < -0.4 is 18.9 Å². The van der Waals surface area contributed by atoms with E-state index in [-0.39, 0.29) is 24.8 Å². The Kier molecular flexibility index (Phi) is 11.1. The SMILES string of the molecule is CCCC(OCC1CO1)Oc1ccc(C(=O)Oc2ccc3c(c2)C(C)(C)c2cc(OC(=O)c4ccc(OC(CCC)OCC5CO5)cc4)ccc2-3)cc1. The summed E-state index contributed by atoms with van der Waals surface area (Å²) >= 11 is 0. The molecule has 0 amide bonds. The normalized spacial score (nSPS) is 18.6. The Hall–Kier alpha value is -4.74. The van der Waals surface area contributed by atoms with Gasteiger partial charge in [0.15, 0.2) is 12.6 Å². The van der Waals surface area contributed by atoms with Gasteiger partial charge in [0.25, 0.3) is 0 Å². The average Bonchev–Trinajstić information content (AvgIpc) is 4.10. The van der Waals surface area contributed by atoms with Crippen molar-refractivity contribution in [3.63, 3.8) is 0 Å². The van der Waals surface area contributed by atoms with Crippen molar-refractivity contribution in [3.05, 3.63) is 107 Å². The smallest absolute Gasteiger partial charge is 0.343 e. The molecule has 4 unspecified atom stereocenters. The Bertz CT molecular complexity index is 1760. The molecule has 278 valence electrons. The van der Waals surface area contributed by atoms with Gasteiger partial charge in [-0.25, -0.2) is 9.59 Å². The van der Waals surface area contributed by atoms with Gasteiger partial charge in [0.05, 0.1) is 37.6 Å². The Morgan fingerprint density at radius 3 is 1.36 bits per heavy atom. The van der Waals surface area contributed by atoms with Crippen molar-refractivity contribution in [1.29, 1.82) is 0 Å². The molecule has 0 radical (unpaired) electrons. The third-order valence-electron chi connectivity index (χ3n) is 9.54. The van der Waals surface area contributed by atoms with Gasteiger partial charge >= 0.3 is 11.9 Å². The molecule has 10 nitrogen and oxygen atoms in total. The van der Waals surface area contributed by atoms with Crippen molar-refractivity contribution in [2.75, 3.05) is 26.4 Å². The first-order chi connectivity index (χ1) is 25.7. The number of carbonyl (C=O) groups is 2. The summed E-state index contributed by atoms with van der Waals surface area (Å²) in [5, 5.41) is 0. The first kappa shape index (κ1) is 36.6. The summed E-state index contributed by atoms with van der Waals surface area (Å²) in [5.74, 6) is 1.17. The number of rotatable bonds is 18. The van der Waals surface area contributed by atoms with Crippen LogP contribution in [0.1, 0.15) is 85.2 Å². The van der Waals surface area contributed by atoms with Crippen molar-refractivity contribution in [3.8, 4) is 34.1 Å². The van der Waals surface area contributed by atoms with Gasteiger partial charge in [0.1, 0.15) is 35.2 Å². The molecule has 10 heteroatoms. The molecule has 2 aliphatic heterocycles. The van der Waals surface area contributed by atoms with Crippen LogP contribution in [0, 0.1) is 0 Å². The molecule has 7 rings (SSSR count). The Balaban J connectivity index is 0.965.